The molecule has 136 valence electrons. The summed E-state index contributed by atoms with van der Waals surface area (Å²) in [4.78, 5) is 43.1. The molecular weight excluding hydrogens is 348 g/mol. The summed E-state index contributed by atoms with van der Waals surface area (Å²) in [6.07, 6.45) is 0. The lowest BCUT2D eigenvalue weighted by atomic mass is 9.98. The van der Waals surface area contributed by atoms with Crippen LogP contribution in [0.3, 0.4) is 0 Å². The Morgan fingerprint density at radius 1 is 0.538 bits per heavy atom. The lowest BCUT2D eigenvalue weighted by molar-refractivity contribution is 0.0637. The van der Waals surface area contributed by atoms with Crippen LogP contribution < -0.4 is 11.5 Å². The van der Waals surface area contributed by atoms with Gasteiger partial charge in [-0.15, -0.1) is 0 Å². The molecule has 0 saturated heterocycles. The molecule has 0 unspecified atom stereocenters. The number of benzene rings is 2. The predicted molar refractivity (Wildman–Crippen MR) is 89.5 cm³/mol. The summed E-state index contributed by atoms with van der Waals surface area (Å²) in [6, 6.07) is 8.12. The number of hydrogen-bond acceptors (Lipinski definition) is 6. The standard InChI is InChI=1S/C10H6O8.C6H8N2/c11-7(12)3-1-4(8(13)14)6(10(17)18)2-5(3)9(15)16;7-5-1-2-6(8)4-3-5/h1-2H,(H,11,12)(H,13,14)(H,15,16)(H,17,18);1-4H,7-8H2. The Bertz CT molecular complexity index is 755. The van der Waals surface area contributed by atoms with E-state index in [1.54, 1.807) is 24.3 Å². The fourth-order valence-corrected chi connectivity index (χ4v) is 1.80. The molecule has 0 amide bonds. The van der Waals surface area contributed by atoms with E-state index in [0.29, 0.717) is 12.1 Å². The number of nitrogen functional groups attached to an aromatic ring is 2. The van der Waals surface area contributed by atoms with Crippen molar-refractivity contribution >= 4 is 35.3 Å². The van der Waals surface area contributed by atoms with Crippen LogP contribution in [-0.2, 0) is 0 Å². The zero-order valence-corrected chi connectivity index (χ0v) is 13.0. The molecule has 0 aliphatic rings. The number of aromatic carboxylic acids is 4. The van der Waals surface area contributed by atoms with Crippen LogP contribution in [0.25, 0.3) is 0 Å². The minimum absolute atomic E-state index is 0.511. The number of rotatable bonds is 4. The van der Waals surface area contributed by atoms with Crippen molar-refractivity contribution in [2.75, 3.05) is 11.5 Å². The van der Waals surface area contributed by atoms with Crippen LogP contribution in [0.2, 0.25) is 0 Å². The van der Waals surface area contributed by atoms with Crippen LogP contribution in [0.1, 0.15) is 41.4 Å². The number of anilines is 2. The highest BCUT2D eigenvalue weighted by molar-refractivity contribution is 6.09. The molecule has 10 heteroatoms. The van der Waals surface area contributed by atoms with Crippen molar-refractivity contribution in [3.63, 3.8) is 0 Å². The normalized spacial score (nSPS) is 9.54. The molecule has 0 aliphatic carbocycles. The van der Waals surface area contributed by atoms with E-state index in [1.165, 1.54) is 0 Å². The van der Waals surface area contributed by atoms with Gasteiger partial charge in [0, 0.05) is 11.4 Å². The van der Waals surface area contributed by atoms with Gasteiger partial charge < -0.3 is 31.9 Å². The lowest BCUT2D eigenvalue weighted by Gasteiger charge is -2.06. The molecule has 0 radical (unpaired) electrons. The monoisotopic (exact) mass is 362 g/mol. The van der Waals surface area contributed by atoms with Gasteiger partial charge in [-0.05, 0) is 36.4 Å². The van der Waals surface area contributed by atoms with Gasteiger partial charge in [0.2, 0.25) is 0 Å². The number of carbonyl (C=O) groups is 4. The number of hydrogen-bond donors (Lipinski definition) is 6. The van der Waals surface area contributed by atoms with Crippen LogP contribution in [0, 0.1) is 0 Å². The van der Waals surface area contributed by atoms with E-state index in [0.717, 1.165) is 11.4 Å². The van der Waals surface area contributed by atoms with E-state index in [1.807, 2.05) is 0 Å². The first kappa shape index (κ1) is 20.0. The maximum Gasteiger partial charge on any atom is 0.336 e. The van der Waals surface area contributed by atoms with E-state index >= 15 is 0 Å². The molecule has 2 rings (SSSR count). The van der Waals surface area contributed by atoms with Gasteiger partial charge in [-0.1, -0.05) is 0 Å². The fourth-order valence-electron chi connectivity index (χ4n) is 1.80. The number of carboxylic acid groups (broad SMARTS) is 4. The van der Waals surface area contributed by atoms with Crippen LogP contribution in [0.15, 0.2) is 36.4 Å². The summed E-state index contributed by atoms with van der Waals surface area (Å²) in [7, 11) is 0. The summed E-state index contributed by atoms with van der Waals surface area (Å²) in [6.45, 7) is 0. The molecule has 0 fully saturated rings. The molecule has 0 aliphatic heterocycles. The molecule has 0 bridgehead atoms. The SMILES string of the molecule is Nc1ccc(N)cc1.O=C(O)c1cc(C(=O)O)c(C(=O)O)cc1C(=O)O. The maximum absolute atomic E-state index is 10.8. The zero-order chi connectivity index (χ0) is 20.0. The third kappa shape index (κ3) is 4.96. The van der Waals surface area contributed by atoms with Crippen LogP contribution in [0.5, 0.6) is 0 Å². The average molecular weight is 362 g/mol. The molecular formula is C16H14N2O8. The Hall–Kier alpha value is -4.08. The van der Waals surface area contributed by atoms with Crippen molar-refractivity contribution in [3.05, 3.63) is 58.7 Å². The van der Waals surface area contributed by atoms with E-state index in [-0.39, 0.29) is 0 Å². The Balaban J connectivity index is 0.000000350. The first-order valence-corrected chi connectivity index (χ1v) is 6.76. The van der Waals surface area contributed by atoms with Crippen molar-refractivity contribution in [2.24, 2.45) is 0 Å². The molecule has 26 heavy (non-hydrogen) atoms. The van der Waals surface area contributed by atoms with Crippen molar-refractivity contribution in [1.82, 2.24) is 0 Å². The van der Waals surface area contributed by atoms with E-state index in [9.17, 15) is 19.2 Å². The van der Waals surface area contributed by atoms with Gasteiger partial charge in [-0.3, -0.25) is 0 Å². The van der Waals surface area contributed by atoms with Gasteiger partial charge in [-0.25, -0.2) is 19.2 Å². The first-order valence-electron chi connectivity index (χ1n) is 6.76. The van der Waals surface area contributed by atoms with E-state index in [4.69, 9.17) is 31.9 Å². The molecule has 2 aromatic rings. The van der Waals surface area contributed by atoms with Crippen LogP contribution in [-0.4, -0.2) is 44.3 Å². The molecule has 8 N–H and O–H groups in total. The first-order chi connectivity index (χ1) is 12.0. The van der Waals surface area contributed by atoms with Crippen molar-refractivity contribution in [3.8, 4) is 0 Å². The highest BCUT2D eigenvalue weighted by Crippen LogP contribution is 2.18. The van der Waals surface area contributed by atoms with E-state index in [2.05, 4.69) is 0 Å². The smallest absolute Gasteiger partial charge is 0.336 e. The predicted octanol–water partition coefficient (Wildman–Crippen LogP) is 1.33. The summed E-state index contributed by atoms with van der Waals surface area (Å²) in [5.41, 5.74) is 9.09. The molecule has 0 aromatic heterocycles. The topological polar surface area (TPSA) is 201 Å². The van der Waals surface area contributed by atoms with E-state index < -0.39 is 46.1 Å². The quantitative estimate of drug-likeness (QED) is 0.431. The third-order valence-corrected chi connectivity index (χ3v) is 3.02. The summed E-state index contributed by atoms with van der Waals surface area (Å²) >= 11 is 0. The Kier molecular flexibility index (Phi) is 6.26. The molecule has 2 aromatic carbocycles. The number of carboxylic acids is 4. The largest absolute Gasteiger partial charge is 0.478 e. The molecule has 0 spiro atoms. The van der Waals surface area contributed by atoms with Crippen molar-refractivity contribution < 1.29 is 39.6 Å². The summed E-state index contributed by atoms with van der Waals surface area (Å²) in [5.74, 6) is -6.64. The Morgan fingerprint density at radius 3 is 0.885 bits per heavy atom. The second-order valence-electron chi connectivity index (χ2n) is 4.83. The third-order valence-electron chi connectivity index (χ3n) is 3.02. The molecule has 0 atom stereocenters. The van der Waals surface area contributed by atoms with Gasteiger partial charge in [0.25, 0.3) is 0 Å². The van der Waals surface area contributed by atoms with Gasteiger partial charge >= 0.3 is 23.9 Å². The molecule has 0 heterocycles. The zero-order valence-electron chi connectivity index (χ0n) is 13.0. The van der Waals surface area contributed by atoms with Crippen LogP contribution in [0.4, 0.5) is 11.4 Å². The maximum atomic E-state index is 10.8. The van der Waals surface area contributed by atoms with Gasteiger partial charge in [-0.2, -0.15) is 0 Å². The van der Waals surface area contributed by atoms with Gasteiger partial charge in [0.05, 0.1) is 22.3 Å². The lowest BCUT2D eigenvalue weighted by Crippen LogP contribution is -2.15. The minimum Gasteiger partial charge on any atom is -0.478 e. The van der Waals surface area contributed by atoms with Crippen molar-refractivity contribution in [1.29, 1.82) is 0 Å². The highest BCUT2D eigenvalue weighted by atomic mass is 16.4. The minimum atomic E-state index is -1.66. The summed E-state index contributed by atoms with van der Waals surface area (Å²) in [5, 5.41) is 35.0. The average Bonchev–Trinajstić information content (AvgIpc) is 2.56. The van der Waals surface area contributed by atoms with Gasteiger partial charge in [0.15, 0.2) is 0 Å². The summed E-state index contributed by atoms with van der Waals surface area (Å²) < 4.78 is 0. The Morgan fingerprint density at radius 2 is 0.731 bits per heavy atom. The Labute approximate surface area is 145 Å². The van der Waals surface area contributed by atoms with Crippen LogP contribution >= 0.6 is 0 Å². The van der Waals surface area contributed by atoms with Crippen molar-refractivity contribution in [2.45, 2.75) is 0 Å². The second kappa shape index (κ2) is 8.15. The second-order valence-corrected chi connectivity index (χ2v) is 4.83. The number of nitrogens with two attached hydrogens (primary N) is 2. The fraction of sp³-hybridized carbons (Fsp3) is 0. The molecule has 0 saturated carbocycles. The van der Waals surface area contributed by atoms with Gasteiger partial charge in [0.1, 0.15) is 0 Å². The highest BCUT2D eigenvalue weighted by Gasteiger charge is 2.24. The molecule has 10 nitrogen and oxygen atoms in total.